The van der Waals surface area contributed by atoms with Crippen LogP contribution in [0.4, 0.5) is 0 Å². The molecule has 0 unspecified atom stereocenters. The molecule has 0 N–H and O–H groups in total. The van der Waals surface area contributed by atoms with E-state index in [-0.39, 0.29) is 13.2 Å². The van der Waals surface area contributed by atoms with Crippen LogP contribution in [0.15, 0.2) is 60.7 Å². The molecule has 0 aromatic heterocycles. The van der Waals surface area contributed by atoms with E-state index in [1.807, 2.05) is 50.2 Å². The first-order valence-corrected chi connectivity index (χ1v) is 10.8. The van der Waals surface area contributed by atoms with Gasteiger partial charge in [0, 0.05) is 4.75 Å². The Morgan fingerprint density at radius 1 is 1.03 bits per heavy atom. The van der Waals surface area contributed by atoms with Gasteiger partial charge in [0.05, 0.1) is 0 Å². The smallest absolute Gasteiger partial charge is 0.345 e. The third-order valence-corrected chi connectivity index (χ3v) is 6.74. The molecule has 4 rings (SSSR count). The van der Waals surface area contributed by atoms with Crippen LogP contribution in [-0.4, -0.2) is 51.6 Å². The lowest BCUT2D eigenvalue weighted by atomic mass is 9.97. The number of nitrogens with zero attached hydrogens (tertiary/aromatic N) is 1. The van der Waals surface area contributed by atoms with E-state index in [1.54, 1.807) is 24.3 Å². The molecule has 2 saturated heterocycles. The van der Waals surface area contributed by atoms with E-state index in [0.29, 0.717) is 5.75 Å². The molecule has 2 aliphatic rings. The highest BCUT2D eigenvalue weighted by Gasteiger charge is 2.65. The molecule has 8 heteroatoms. The summed E-state index contributed by atoms with van der Waals surface area (Å²) in [4.78, 5) is 39.2. The van der Waals surface area contributed by atoms with Gasteiger partial charge in [0.25, 0.3) is 5.91 Å². The van der Waals surface area contributed by atoms with Crippen molar-refractivity contribution < 1.29 is 28.6 Å². The monoisotopic (exact) mass is 441 g/mol. The Labute approximate surface area is 184 Å². The standard InChI is InChI=1S/C23H23NO6S/c1-23(2)19(22(27)29-13-15-9-5-3-6-10-15)24-20(26)18(21(24)31-23)30-17(25)14-28-16-11-7-4-8-12-16/h3-12,18-19,21H,13-14H2,1-2H3/t18-,19+,21-/m1/s1. The number of benzene rings is 2. The Bertz CT molecular complexity index is 965. The van der Waals surface area contributed by atoms with Crippen molar-refractivity contribution >= 4 is 29.6 Å². The topological polar surface area (TPSA) is 82.1 Å². The van der Waals surface area contributed by atoms with Gasteiger partial charge in [-0.05, 0) is 31.5 Å². The predicted octanol–water partition coefficient (Wildman–Crippen LogP) is 2.78. The molecule has 31 heavy (non-hydrogen) atoms. The third kappa shape index (κ3) is 4.39. The van der Waals surface area contributed by atoms with Gasteiger partial charge in [0.15, 0.2) is 6.61 Å². The van der Waals surface area contributed by atoms with E-state index >= 15 is 0 Å². The van der Waals surface area contributed by atoms with Crippen molar-refractivity contribution in [3.05, 3.63) is 66.2 Å². The minimum absolute atomic E-state index is 0.138. The van der Waals surface area contributed by atoms with Crippen LogP contribution in [0.25, 0.3) is 0 Å². The van der Waals surface area contributed by atoms with Gasteiger partial charge in [-0.3, -0.25) is 4.79 Å². The molecular formula is C23H23NO6S. The molecule has 0 aliphatic carbocycles. The van der Waals surface area contributed by atoms with Gasteiger partial charge >= 0.3 is 11.9 Å². The number of thioether (sulfide) groups is 1. The van der Waals surface area contributed by atoms with E-state index in [9.17, 15) is 14.4 Å². The van der Waals surface area contributed by atoms with Crippen molar-refractivity contribution in [2.24, 2.45) is 0 Å². The number of hydrogen-bond donors (Lipinski definition) is 0. The van der Waals surface area contributed by atoms with Crippen molar-refractivity contribution in [2.75, 3.05) is 6.61 Å². The SMILES string of the molecule is CC1(C)S[C@@H]2[C@H](OC(=O)COc3ccccc3)C(=O)N2[C@H]1C(=O)OCc1ccccc1. The lowest BCUT2D eigenvalue weighted by molar-refractivity contribution is -0.184. The van der Waals surface area contributed by atoms with Gasteiger partial charge in [-0.25, -0.2) is 9.59 Å². The second kappa shape index (κ2) is 8.63. The van der Waals surface area contributed by atoms with Gasteiger partial charge in [0.1, 0.15) is 23.8 Å². The van der Waals surface area contributed by atoms with Crippen LogP contribution in [0.5, 0.6) is 5.75 Å². The number of β-lactam (4-membered cyclic amide) rings is 1. The van der Waals surface area contributed by atoms with Crippen molar-refractivity contribution in [2.45, 2.75) is 42.7 Å². The molecule has 7 nitrogen and oxygen atoms in total. The molecule has 0 radical (unpaired) electrons. The fourth-order valence-corrected chi connectivity index (χ4v) is 5.31. The minimum Gasteiger partial charge on any atom is -0.482 e. The number of hydrogen-bond acceptors (Lipinski definition) is 7. The lowest BCUT2D eigenvalue weighted by Crippen LogP contribution is -2.67. The van der Waals surface area contributed by atoms with Gasteiger partial charge in [-0.1, -0.05) is 48.5 Å². The summed E-state index contributed by atoms with van der Waals surface area (Å²) in [5, 5.41) is -0.419. The fraction of sp³-hybridized carbons (Fsp3) is 0.348. The van der Waals surface area contributed by atoms with Crippen LogP contribution in [0.2, 0.25) is 0 Å². The first-order valence-electron chi connectivity index (χ1n) is 9.95. The Morgan fingerprint density at radius 3 is 2.35 bits per heavy atom. The zero-order chi connectivity index (χ0) is 22.0. The summed E-state index contributed by atoms with van der Waals surface area (Å²) < 4.78 is 15.6. The minimum atomic E-state index is -0.928. The summed E-state index contributed by atoms with van der Waals surface area (Å²) >= 11 is 1.43. The second-order valence-electron chi connectivity index (χ2n) is 7.87. The number of carbonyl (C=O) groups is 3. The van der Waals surface area contributed by atoms with E-state index < -0.39 is 40.1 Å². The van der Waals surface area contributed by atoms with Gasteiger partial charge in [-0.2, -0.15) is 0 Å². The van der Waals surface area contributed by atoms with Gasteiger partial charge in [-0.15, -0.1) is 11.8 Å². The Hall–Kier alpha value is -3.00. The van der Waals surface area contributed by atoms with Crippen molar-refractivity contribution in [1.82, 2.24) is 4.90 Å². The second-order valence-corrected chi connectivity index (χ2v) is 9.64. The zero-order valence-corrected chi connectivity index (χ0v) is 18.0. The van der Waals surface area contributed by atoms with Crippen molar-refractivity contribution in [3.63, 3.8) is 0 Å². The summed E-state index contributed by atoms with van der Waals surface area (Å²) in [6, 6.07) is 17.5. The maximum absolute atomic E-state index is 12.8. The molecule has 162 valence electrons. The summed E-state index contributed by atoms with van der Waals surface area (Å²) in [7, 11) is 0. The number of fused-ring (bicyclic) bond motifs is 1. The molecule has 1 amide bonds. The average molecular weight is 442 g/mol. The highest BCUT2D eigenvalue weighted by molar-refractivity contribution is 8.01. The van der Waals surface area contributed by atoms with Crippen LogP contribution in [0, 0.1) is 0 Å². The van der Waals surface area contributed by atoms with Crippen LogP contribution in [0.1, 0.15) is 19.4 Å². The van der Waals surface area contributed by atoms with Crippen molar-refractivity contribution in [3.8, 4) is 5.75 Å². The third-order valence-electron chi connectivity index (χ3n) is 5.20. The fourth-order valence-electron chi connectivity index (χ4n) is 3.71. The molecule has 2 fully saturated rings. The summed E-state index contributed by atoms with van der Waals surface area (Å²) in [6.45, 7) is 3.61. The van der Waals surface area contributed by atoms with Crippen LogP contribution in [-0.2, 0) is 30.5 Å². The average Bonchev–Trinajstić information content (AvgIpc) is 3.03. The first-order chi connectivity index (χ1) is 14.9. The van der Waals surface area contributed by atoms with Crippen LogP contribution >= 0.6 is 11.8 Å². The quantitative estimate of drug-likeness (QED) is 0.483. The zero-order valence-electron chi connectivity index (χ0n) is 17.2. The molecule has 2 aromatic rings. The number of ether oxygens (including phenoxy) is 3. The van der Waals surface area contributed by atoms with Crippen LogP contribution < -0.4 is 4.74 Å². The molecule has 0 bridgehead atoms. The predicted molar refractivity (Wildman–Crippen MR) is 114 cm³/mol. The highest BCUT2D eigenvalue weighted by atomic mass is 32.2. The number of carbonyl (C=O) groups excluding carboxylic acids is 3. The van der Waals surface area contributed by atoms with E-state index in [0.717, 1.165) is 5.56 Å². The van der Waals surface area contributed by atoms with E-state index in [2.05, 4.69) is 0 Å². The largest absolute Gasteiger partial charge is 0.482 e. The molecule has 2 heterocycles. The molecule has 2 aliphatic heterocycles. The van der Waals surface area contributed by atoms with Gasteiger partial charge < -0.3 is 19.1 Å². The lowest BCUT2D eigenvalue weighted by Gasteiger charge is -2.42. The Kier molecular flexibility index (Phi) is 5.91. The molecule has 0 saturated carbocycles. The normalized spacial score (nSPS) is 23.5. The van der Waals surface area contributed by atoms with E-state index in [4.69, 9.17) is 14.2 Å². The molecule has 0 spiro atoms. The van der Waals surface area contributed by atoms with Gasteiger partial charge in [0.2, 0.25) is 6.10 Å². The molecular weight excluding hydrogens is 418 g/mol. The first kappa shape index (κ1) is 21.2. The number of para-hydroxylation sites is 1. The summed E-state index contributed by atoms with van der Waals surface area (Å²) in [5.74, 6) is -0.943. The number of esters is 2. The van der Waals surface area contributed by atoms with Crippen LogP contribution in [0.3, 0.4) is 0 Å². The maximum atomic E-state index is 12.8. The summed E-state index contributed by atoms with van der Waals surface area (Å²) in [6.07, 6.45) is -0.928. The van der Waals surface area contributed by atoms with Crippen molar-refractivity contribution in [1.29, 1.82) is 0 Å². The highest BCUT2D eigenvalue weighted by Crippen LogP contribution is 2.51. The maximum Gasteiger partial charge on any atom is 0.345 e. The molecule has 3 atom stereocenters. The Morgan fingerprint density at radius 2 is 1.68 bits per heavy atom. The summed E-state index contributed by atoms with van der Waals surface area (Å²) in [5.41, 5.74) is 0.871. The Balaban J connectivity index is 1.34. The molecule has 2 aromatic carbocycles. The van der Waals surface area contributed by atoms with E-state index in [1.165, 1.54) is 16.7 Å². The number of amides is 1. The number of rotatable bonds is 7.